The van der Waals surface area contributed by atoms with E-state index in [2.05, 4.69) is 4.98 Å². The lowest BCUT2D eigenvalue weighted by atomic mass is 10.0. The van der Waals surface area contributed by atoms with Crippen LogP contribution in [0.15, 0.2) is 24.4 Å². The topological polar surface area (TPSA) is 79.1 Å². The highest BCUT2D eigenvalue weighted by molar-refractivity contribution is 6.02. The number of hydrogen-bond donors (Lipinski definition) is 3. The van der Waals surface area contributed by atoms with Gasteiger partial charge >= 0.3 is 5.97 Å². The molecule has 0 radical (unpaired) electrons. The number of carboxylic acids is 1. The van der Waals surface area contributed by atoms with Gasteiger partial charge in [-0.15, -0.1) is 0 Å². The van der Waals surface area contributed by atoms with Crippen molar-refractivity contribution in [2.45, 2.75) is 19.4 Å². The van der Waals surface area contributed by atoms with Crippen LogP contribution >= 0.6 is 0 Å². The van der Waals surface area contributed by atoms with Crippen LogP contribution in [0.4, 0.5) is 0 Å². The van der Waals surface area contributed by atoms with Crippen molar-refractivity contribution in [1.82, 2.24) is 4.98 Å². The predicted octanol–water partition coefficient (Wildman–Crippen LogP) is 1.76. The molecule has 0 aliphatic carbocycles. The quantitative estimate of drug-likeness (QED) is 0.734. The number of nitrogens with one attached hydrogen (secondary N) is 1. The fraction of sp³-hybridized carbons (Fsp3) is 0.250. The molecule has 1 aromatic heterocycles. The van der Waals surface area contributed by atoms with Gasteiger partial charge in [-0.1, -0.05) is 12.1 Å². The highest BCUT2D eigenvalue weighted by Crippen LogP contribution is 2.22. The summed E-state index contributed by atoms with van der Waals surface area (Å²) in [7, 11) is 0. The van der Waals surface area contributed by atoms with E-state index in [1.165, 1.54) is 0 Å². The summed E-state index contributed by atoms with van der Waals surface area (Å²) in [6, 6.07) is 5.32. The van der Waals surface area contributed by atoms with Gasteiger partial charge in [-0.2, -0.15) is 0 Å². The minimum Gasteiger partial charge on any atom is -0.478 e. The van der Waals surface area contributed by atoms with Crippen molar-refractivity contribution in [2.24, 2.45) is 5.73 Å². The molecule has 4 nitrogen and oxygen atoms in total. The minimum atomic E-state index is -0.917. The van der Waals surface area contributed by atoms with Crippen LogP contribution in [-0.2, 0) is 6.42 Å². The first-order chi connectivity index (χ1) is 7.59. The number of aromatic carboxylic acids is 1. The molecule has 0 aliphatic rings. The zero-order chi connectivity index (χ0) is 11.7. The Morgan fingerprint density at radius 2 is 2.31 bits per heavy atom. The highest BCUT2D eigenvalue weighted by Gasteiger charge is 2.12. The second kappa shape index (κ2) is 3.98. The standard InChI is InChI=1S/C12H14N2O2/c1-7(13)5-8-6-14-11-9(8)3-2-4-10(11)12(15)16/h2-4,6-7,14H,5,13H2,1H3,(H,15,16)/t7-/m1/s1. The maximum Gasteiger partial charge on any atom is 0.337 e. The zero-order valence-corrected chi connectivity index (χ0v) is 9.03. The van der Waals surface area contributed by atoms with Crippen LogP contribution in [0, 0.1) is 0 Å². The Morgan fingerprint density at radius 3 is 2.94 bits per heavy atom. The third-order valence-corrected chi connectivity index (χ3v) is 2.57. The first-order valence-corrected chi connectivity index (χ1v) is 5.17. The van der Waals surface area contributed by atoms with Crippen molar-refractivity contribution in [3.8, 4) is 0 Å². The molecule has 0 aliphatic heterocycles. The lowest BCUT2D eigenvalue weighted by Gasteiger charge is -2.03. The second-order valence-corrected chi connectivity index (χ2v) is 4.03. The van der Waals surface area contributed by atoms with Gasteiger partial charge in [0.05, 0.1) is 11.1 Å². The molecular weight excluding hydrogens is 204 g/mol. The van der Waals surface area contributed by atoms with E-state index in [1.807, 2.05) is 19.2 Å². The SMILES string of the molecule is C[C@@H](N)Cc1c[nH]c2c(C(=O)O)cccc12. The smallest absolute Gasteiger partial charge is 0.337 e. The number of H-pyrrole nitrogens is 1. The number of benzene rings is 1. The fourth-order valence-electron chi connectivity index (χ4n) is 1.91. The van der Waals surface area contributed by atoms with E-state index in [1.54, 1.807) is 12.1 Å². The van der Waals surface area contributed by atoms with Crippen molar-refractivity contribution in [3.63, 3.8) is 0 Å². The maximum absolute atomic E-state index is 11.0. The summed E-state index contributed by atoms with van der Waals surface area (Å²) in [5.41, 5.74) is 7.78. The van der Waals surface area contributed by atoms with Gasteiger partial charge < -0.3 is 15.8 Å². The van der Waals surface area contributed by atoms with E-state index in [-0.39, 0.29) is 6.04 Å². The number of carbonyl (C=O) groups is 1. The Hall–Kier alpha value is -1.81. The summed E-state index contributed by atoms with van der Waals surface area (Å²) in [6.45, 7) is 1.93. The van der Waals surface area contributed by atoms with Gasteiger partial charge in [0, 0.05) is 17.6 Å². The molecule has 0 saturated heterocycles. The second-order valence-electron chi connectivity index (χ2n) is 4.03. The molecule has 84 valence electrons. The van der Waals surface area contributed by atoms with E-state index in [0.29, 0.717) is 11.1 Å². The van der Waals surface area contributed by atoms with Gasteiger partial charge in [0.25, 0.3) is 0 Å². The molecule has 4 heteroatoms. The van der Waals surface area contributed by atoms with Gasteiger partial charge in [-0.3, -0.25) is 0 Å². The lowest BCUT2D eigenvalue weighted by molar-refractivity contribution is 0.0699. The first kappa shape index (κ1) is 10.7. The molecule has 4 N–H and O–H groups in total. The average Bonchev–Trinajstić information content (AvgIpc) is 2.60. The summed E-state index contributed by atoms with van der Waals surface area (Å²) in [5.74, 6) is -0.917. The fourth-order valence-corrected chi connectivity index (χ4v) is 1.91. The number of aromatic nitrogens is 1. The summed E-state index contributed by atoms with van der Waals surface area (Å²) in [6.07, 6.45) is 2.57. The molecule has 1 heterocycles. The molecule has 0 amide bonds. The molecule has 0 bridgehead atoms. The van der Waals surface area contributed by atoms with Gasteiger partial charge in [0.2, 0.25) is 0 Å². The normalized spacial score (nSPS) is 12.9. The van der Waals surface area contributed by atoms with Gasteiger partial charge in [-0.25, -0.2) is 4.79 Å². The molecule has 2 aromatic rings. The van der Waals surface area contributed by atoms with Crippen LogP contribution in [0.3, 0.4) is 0 Å². The third kappa shape index (κ3) is 1.79. The van der Waals surface area contributed by atoms with Gasteiger partial charge in [-0.05, 0) is 25.0 Å². The van der Waals surface area contributed by atoms with E-state index >= 15 is 0 Å². The van der Waals surface area contributed by atoms with Crippen LogP contribution < -0.4 is 5.73 Å². The molecule has 0 spiro atoms. The first-order valence-electron chi connectivity index (χ1n) is 5.17. The van der Waals surface area contributed by atoms with Crippen molar-refractivity contribution in [3.05, 3.63) is 35.5 Å². The summed E-state index contributed by atoms with van der Waals surface area (Å²) in [4.78, 5) is 14.0. The Labute approximate surface area is 93.1 Å². The number of aromatic amines is 1. The number of fused-ring (bicyclic) bond motifs is 1. The number of hydrogen-bond acceptors (Lipinski definition) is 2. The summed E-state index contributed by atoms with van der Waals surface area (Å²) < 4.78 is 0. The van der Waals surface area contributed by atoms with Gasteiger partial charge in [0.1, 0.15) is 0 Å². The lowest BCUT2D eigenvalue weighted by Crippen LogP contribution is -2.17. The number of carboxylic acid groups (broad SMARTS) is 1. The van der Waals surface area contributed by atoms with Crippen LogP contribution in [-0.4, -0.2) is 22.1 Å². The Morgan fingerprint density at radius 1 is 1.56 bits per heavy atom. The average molecular weight is 218 g/mol. The number of rotatable bonds is 3. The van der Waals surface area contributed by atoms with Crippen LogP contribution in [0.2, 0.25) is 0 Å². The minimum absolute atomic E-state index is 0.0625. The number of nitrogens with two attached hydrogens (primary N) is 1. The highest BCUT2D eigenvalue weighted by atomic mass is 16.4. The molecular formula is C12H14N2O2. The summed E-state index contributed by atoms with van der Waals surface area (Å²) >= 11 is 0. The molecule has 0 saturated carbocycles. The third-order valence-electron chi connectivity index (χ3n) is 2.57. The van der Waals surface area contributed by atoms with Crippen LogP contribution in [0.5, 0.6) is 0 Å². The molecule has 0 unspecified atom stereocenters. The van der Waals surface area contributed by atoms with Crippen molar-refractivity contribution < 1.29 is 9.90 Å². The van der Waals surface area contributed by atoms with Crippen molar-refractivity contribution in [1.29, 1.82) is 0 Å². The monoisotopic (exact) mass is 218 g/mol. The number of para-hydroxylation sites is 1. The van der Waals surface area contributed by atoms with E-state index < -0.39 is 5.97 Å². The van der Waals surface area contributed by atoms with E-state index in [0.717, 1.165) is 17.4 Å². The predicted molar refractivity (Wildman–Crippen MR) is 62.6 cm³/mol. The Kier molecular flexibility index (Phi) is 2.66. The van der Waals surface area contributed by atoms with Crippen molar-refractivity contribution >= 4 is 16.9 Å². The molecule has 1 aromatic carbocycles. The Bertz CT molecular complexity index is 529. The Balaban J connectivity index is 2.57. The summed E-state index contributed by atoms with van der Waals surface area (Å²) in [5, 5.41) is 9.97. The molecule has 0 fully saturated rings. The van der Waals surface area contributed by atoms with Crippen LogP contribution in [0.1, 0.15) is 22.8 Å². The molecule has 1 atom stereocenters. The molecule has 2 rings (SSSR count). The maximum atomic E-state index is 11.0. The van der Waals surface area contributed by atoms with Crippen LogP contribution in [0.25, 0.3) is 10.9 Å². The van der Waals surface area contributed by atoms with Crippen molar-refractivity contribution in [2.75, 3.05) is 0 Å². The van der Waals surface area contributed by atoms with E-state index in [4.69, 9.17) is 10.8 Å². The van der Waals surface area contributed by atoms with E-state index in [9.17, 15) is 4.79 Å². The van der Waals surface area contributed by atoms with Gasteiger partial charge in [0.15, 0.2) is 0 Å². The molecule has 16 heavy (non-hydrogen) atoms. The largest absolute Gasteiger partial charge is 0.478 e. The zero-order valence-electron chi connectivity index (χ0n) is 9.03.